The summed E-state index contributed by atoms with van der Waals surface area (Å²) >= 11 is 0. The third-order valence-electron chi connectivity index (χ3n) is 1.97. The van der Waals surface area contributed by atoms with Crippen LogP contribution in [0.5, 0.6) is 0 Å². The predicted molar refractivity (Wildman–Crippen MR) is 49.2 cm³/mol. The van der Waals surface area contributed by atoms with E-state index in [2.05, 4.69) is 27.7 Å². The van der Waals surface area contributed by atoms with Gasteiger partial charge >= 0.3 is 0 Å². The molecule has 0 aromatic rings. The molecule has 1 fully saturated rings. The van der Waals surface area contributed by atoms with Crippen LogP contribution in [0.25, 0.3) is 0 Å². The van der Waals surface area contributed by atoms with Crippen LogP contribution in [0.2, 0.25) is 0 Å². The smallest absolute Gasteiger partial charge is 0.0539 e. The Labute approximate surface area is 75.2 Å². The third-order valence-corrected chi connectivity index (χ3v) is 1.97. The number of rotatable bonds is 0. The minimum absolute atomic E-state index is 0.177. The van der Waals surface area contributed by atoms with E-state index >= 15 is 0 Å². The Hall–Kier alpha value is -0.0800. The van der Waals surface area contributed by atoms with Crippen molar-refractivity contribution in [1.82, 2.24) is 0 Å². The summed E-state index contributed by atoms with van der Waals surface area (Å²) in [6.07, 6.45) is 0. The highest BCUT2D eigenvalue weighted by molar-refractivity contribution is 4.74. The zero-order valence-electron chi connectivity index (χ0n) is 8.64. The van der Waals surface area contributed by atoms with Crippen molar-refractivity contribution in [2.75, 3.05) is 26.4 Å². The van der Waals surface area contributed by atoms with Gasteiger partial charge < -0.3 is 9.47 Å². The SMILES string of the molecule is CC1(C)COCC(C)(C)COC1. The van der Waals surface area contributed by atoms with Gasteiger partial charge in [0.25, 0.3) is 0 Å². The zero-order chi connectivity index (χ0) is 9.24. The molecule has 2 heteroatoms. The molecular weight excluding hydrogens is 152 g/mol. The monoisotopic (exact) mass is 172 g/mol. The van der Waals surface area contributed by atoms with Crippen molar-refractivity contribution < 1.29 is 9.47 Å². The van der Waals surface area contributed by atoms with E-state index in [0.29, 0.717) is 0 Å². The van der Waals surface area contributed by atoms with Crippen molar-refractivity contribution in [2.24, 2.45) is 10.8 Å². The van der Waals surface area contributed by atoms with Gasteiger partial charge in [0, 0.05) is 10.8 Å². The van der Waals surface area contributed by atoms with Gasteiger partial charge in [0.2, 0.25) is 0 Å². The lowest BCUT2D eigenvalue weighted by molar-refractivity contribution is -0.0892. The highest BCUT2D eigenvalue weighted by Crippen LogP contribution is 2.24. The van der Waals surface area contributed by atoms with E-state index in [0.717, 1.165) is 26.4 Å². The lowest BCUT2D eigenvalue weighted by atomic mass is 9.92. The molecule has 1 aliphatic rings. The van der Waals surface area contributed by atoms with Gasteiger partial charge in [-0.25, -0.2) is 0 Å². The minimum Gasteiger partial charge on any atom is -0.380 e. The average Bonchev–Trinajstić information content (AvgIpc) is 1.82. The van der Waals surface area contributed by atoms with Crippen LogP contribution in [0, 0.1) is 10.8 Å². The van der Waals surface area contributed by atoms with Gasteiger partial charge in [-0.1, -0.05) is 27.7 Å². The maximum absolute atomic E-state index is 5.62. The molecule has 0 aromatic carbocycles. The third kappa shape index (κ3) is 3.11. The quantitative estimate of drug-likeness (QED) is 0.557. The Morgan fingerprint density at radius 3 is 1.17 bits per heavy atom. The molecule has 0 spiro atoms. The lowest BCUT2D eigenvalue weighted by Crippen LogP contribution is -2.36. The molecule has 2 nitrogen and oxygen atoms in total. The molecule has 72 valence electrons. The van der Waals surface area contributed by atoms with E-state index in [1.54, 1.807) is 0 Å². The maximum Gasteiger partial charge on any atom is 0.0539 e. The number of hydrogen-bond acceptors (Lipinski definition) is 2. The van der Waals surface area contributed by atoms with Crippen molar-refractivity contribution in [3.63, 3.8) is 0 Å². The summed E-state index contributed by atoms with van der Waals surface area (Å²) in [5.41, 5.74) is 0.354. The molecule has 12 heavy (non-hydrogen) atoms. The van der Waals surface area contributed by atoms with Crippen LogP contribution in [-0.4, -0.2) is 26.4 Å². The first-order valence-electron chi connectivity index (χ1n) is 4.57. The second-order valence-electron chi connectivity index (χ2n) is 5.31. The normalized spacial score (nSPS) is 29.0. The van der Waals surface area contributed by atoms with Crippen molar-refractivity contribution in [3.05, 3.63) is 0 Å². The van der Waals surface area contributed by atoms with E-state index in [1.807, 2.05) is 0 Å². The van der Waals surface area contributed by atoms with Crippen molar-refractivity contribution in [2.45, 2.75) is 27.7 Å². The first kappa shape index (κ1) is 10.0. The summed E-state index contributed by atoms with van der Waals surface area (Å²) in [7, 11) is 0. The predicted octanol–water partition coefficient (Wildman–Crippen LogP) is 2.09. The highest BCUT2D eigenvalue weighted by Gasteiger charge is 2.27. The number of ether oxygens (including phenoxy) is 2. The molecular formula is C10H20O2. The van der Waals surface area contributed by atoms with Gasteiger partial charge in [0.05, 0.1) is 26.4 Å². The molecule has 0 aromatic heterocycles. The van der Waals surface area contributed by atoms with Gasteiger partial charge in [-0.15, -0.1) is 0 Å². The fourth-order valence-electron chi connectivity index (χ4n) is 1.29. The summed E-state index contributed by atoms with van der Waals surface area (Å²) in [4.78, 5) is 0. The van der Waals surface area contributed by atoms with E-state index < -0.39 is 0 Å². The van der Waals surface area contributed by atoms with Gasteiger partial charge in [-0.3, -0.25) is 0 Å². The average molecular weight is 172 g/mol. The standard InChI is InChI=1S/C10H20O2/c1-9(2)5-11-7-10(3,4)8-12-6-9/h5-8H2,1-4H3. The summed E-state index contributed by atoms with van der Waals surface area (Å²) in [6.45, 7) is 11.9. The first-order chi connectivity index (χ1) is 5.41. The Morgan fingerprint density at radius 1 is 0.667 bits per heavy atom. The van der Waals surface area contributed by atoms with Crippen LogP contribution in [0.3, 0.4) is 0 Å². The Bertz CT molecular complexity index is 120. The van der Waals surface area contributed by atoms with Gasteiger partial charge in [-0.05, 0) is 0 Å². The fourth-order valence-corrected chi connectivity index (χ4v) is 1.29. The molecule has 0 bridgehead atoms. The lowest BCUT2D eigenvalue weighted by Gasteiger charge is -2.33. The topological polar surface area (TPSA) is 18.5 Å². The summed E-state index contributed by atoms with van der Waals surface area (Å²) in [6, 6.07) is 0. The molecule has 1 saturated heterocycles. The van der Waals surface area contributed by atoms with Crippen LogP contribution in [-0.2, 0) is 9.47 Å². The van der Waals surface area contributed by atoms with Gasteiger partial charge in [0.15, 0.2) is 0 Å². The largest absolute Gasteiger partial charge is 0.380 e. The molecule has 0 unspecified atom stereocenters. The molecule has 0 amide bonds. The van der Waals surface area contributed by atoms with Crippen LogP contribution < -0.4 is 0 Å². The van der Waals surface area contributed by atoms with Crippen molar-refractivity contribution >= 4 is 0 Å². The van der Waals surface area contributed by atoms with Crippen LogP contribution >= 0.6 is 0 Å². The van der Waals surface area contributed by atoms with Gasteiger partial charge in [-0.2, -0.15) is 0 Å². The van der Waals surface area contributed by atoms with Crippen molar-refractivity contribution in [1.29, 1.82) is 0 Å². The Balaban J connectivity index is 2.45. The molecule has 0 atom stereocenters. The van der Waals surface area contributed by atoms with E-state index in [4.69, 9.17) is 9.47 Å². The Kier molecular flexibility index (Phi) is 2.79. The van der Waals surface area contributed by atoms with Crippen LogP contribution in [0.15, 0.2) is 0 Å². The van der Waals surface area contributed by atoms with Crippen LogP contribution in [0.1, 0.15) is 27.7 Å². The molecule has 0 saturated carbocycles. The maximum atomic E-state index is 5.62. The van der Waals surface area contributed by atoms with Crippen molar-refractivity contribution in [3.8, 4) is 0 Å². The summed E-state index contributed by atoms with van der Waals surface area (Å²) in [5, 5.41) is 0. The van der Waals surface area contributed by atoms with Crippen LogP contribution in [0.4, 0.5) is 0 Å². The minimum atomic E-state index is 0.177. The molecule has 1 heterocycles. The molecule has 0 radical (unpaired) electrons. The zero-order valence-corrected chi connectivity index (χ0v) is 8.64. The molecule has 0 aliphatic carbocycles. The number of hydrogen-bond donors (Lipinski definition) is 0. The van der Waals surface area contributed by atoms with E-state index in [-0.39, 0.29) is 10.8 Å². The summed E-state index contributed by atoms with van der Waals surface area (Å²) in [5.74, 6) is 0. The van der Waals surface area contributed by atoms with E-state index in [9.17, 15) is 0 Å². The Morgan fingerprint density at radius 2 is 0.917 bits per heavy atom. The molecule has 1 rings (SSSR count). The second-order valence-corrected chi connectivity index (χ2v) is 5.31. The van der Waals surface area contributed by atoms with E-state index in [1.165, 1.54) is 0 Å². The molecule has 0 N–H and O–H groups in total. The summed E-state index contributed by atoms with van der Waals surface area (Å²) < 4.78 is 11.2. The first-order valence-corrected chi connectivity index (χ1v) is 4.57. The molecule has 1 aliphatic heterocycles. The second kappa shape index (κ2) is 3.35. The highest BCUT2D eigenvalue weighted by atomic mass is 16.5. The fraction of sp³-hybridized carbons (Fsp3) is 1.00. The van der Waals surface area contributed by atoms with Gasteiger partial charge in [0.1, 0.15) is 0 Å².